The molecule has 0 aromatic carbocycles. The molecule has 11 heteroatoms. The van der Waals surface area contributed by atoms with E-state index in [1.54, 1.807) is 0 Å². The average molecular weight is 390 g/mol. The molecule has 0 spiro atoms. The van der Waals surface area contributed by atoms with Crippen LogP contribution in [0.2, 0.25) is 0 Å². The van der Waals surface area contributed by atoms with E-state index in [-0.39, 0.29) is 0 Å². The lowest BCUT2D eigenvalue weighted by Gasteiger charge is -2.26. The fourth-order valence-corrected chi connectivity index (χ4v) is 4.20. The quantitative estimate of drug-likeness (QED) is 0.384. The Morgan fingerprint density at radius 3 is 0.731 bits per heavy atom. The van der Waals surface area contributed by atoms with Gasteiger partial charge in [0.25, 0.3) is 0 Å². The maximum atomic E-state index is 6.72. The maximum absolute atomic E-state index is 6.72. The molecule has 0 aromatic heterocycles. The number of guanidine groups is 3. The minimum absolute atomic E-state index is 0.710. The molecule has 10 nitrogen and oxygen atoms in total. The molecule has 0 bridgehead atoms. The highest BCUT2D eigenvalue weighted by Gasteiger charge is 2.28. The zero-order valence-electron chi connectivity index (χ0n) is 18.5. The third-order valence-corrected chi connectivity index (χ3v) is 4.53. The van der Waals surface area contributed by atoms with Crippen molar-refractivity contribution in [2.45, 2.75) is 0 Å². The summed E-state index contributed by atoms with van der Waals surface area (Å²) in [4.78, 5) is 11.4. The summed E-state index contributed by atoms with van der Waals surface area (Å²) in [5, 5.41) is 6.72. The number of hydrogen-bond acceptors (Lipinski definition) is 0. The van der Waals surface area contributed by atoms with E-state index in [4.69, 9.17) is 19.5 Å². The summed E-state index contributed by atoms with van der Waals surface area (Å²) in [7, 11) is 20.2. The van der Waals surface area contributed by atoms with Gasteiger partial charge < -0.3 is 29.4 Å². The van der Waals surface area contributed by atoms with Crippen LogP contribution in [-0.4, -0.2) is 132 Å². The van der Waals surface area contributed by atoms with Crippen LogP contribution in [0.3, 0.4) is 0 Å². The van der Waals surface area contributed by atoms with E-state index < -0.39 is 7.51 Å². The molecular formula is C15H38N10P+. The first-order chi connectivity index (χ1) is 11.7. The third-order valence-electron chi connectivity index (χ3n) is 3.11. The SMILES string of the molecule is CN(C)C(=NP(=[NH2+])(N=C(N(C)C)N(C)C)N=C(N(C)C)N(C)C)N(C)C. The lowest BCUT2D eigenvalue weighted by Crippen LogP contribution is -2.40. The highest BCUT2D eigenvalue weighted by Crippen LogP contribution is 2.48. The van der Waals surface area contributed by atoms with E-state index in [9.17, 15) is 0 Å². The van der Waals surface area contributed by atoms with Gasteiger partial charge in [0.05, 0.1) is 0 Å². The smallest absolute Gasteiger partial charge is 0.348 e. The molecule has 0 saturated carbocycles. The minimum atomic E-state index is -2.95. The van der Waals surface area contributed by atoms with Gasteiger partial charge in [-0.05, 0) is 0 Å². The normalized spacial score (nSPS) is 10.5. The summed E-state index contributed by atoms with van der Waals surface area (Å²) in [6, 6.07) is 0. The van der Waals surface area contributed by atoms with Gasteiger partial charge in [0, 0.05) is 84.6 Å². The first-order valence-corrected chi connectivity index (χ1v) is 9.95. The highest BCUT2D eigenvalue weighted by atomic mass is 31.2. The van der Waals surface area contributed by atoms with Gasteiger partial charge in [-0.2, -0.15) is 0 Å². The van der Waals surface area contributed by atoms with Crippen molar-refractivity contribution in [3.05, 3.63) is 0 Å². The van der Waals surface area contributed by atoms with Crippen LogP contribution in [0.4, 0.5) is 0 Å². The van der Waals surface area contributed by atoms with Crippen LogP contribution >= 0.6 is 7.51 Å². The fraction of sp³-hybridized carbons (Fsp3) is 0.800. The van der Waals surface area contributed by atoms with Gasteiger partial charge in [0.1, 0.15) is 0 Å². The Labute approximate surface area is 159 Å². The minimum Gasteiger partial charge on any atom is -0.348 e. The topological polar surface area (TPSA) is 82.1 Å². The van der Waals surface area contributed by atoms with Crippen molar-refractivity contribution >= 4 is 25.4 Å². The van der Waals surface area contributed by atoms with E-state index >= 15 is 0 Å². The summed E-state index contributed by atoms with van der Waals surface area (Å²) < 4.78 is 14.4. The molecule has 0 aliphatic rings. The number of rotatable bonds is 3. The first kappa shape index (κ1) is 24.0. The second-order valence-electron chi connectivity index (χ2n) is 7.18. The summed E-state index contributed by atoms with van der Waals surface area (Å²) in [6.45, 7) is 0. The Kier molecular flexibility index (Phi) is 8.93. The van der Waals surface area contributed by atoms with Gasteiger partial charge >= 0.3 is 7.51 Å². The van der Waals surface area contributed by atoms with Gasteiger partial charge in [-0.15, -0.1) is 14.3 Å². The molecule has 0 aliphatic heterocycles. The van der Waals surface area contributed by atoms with Crippen molar-refractivity contribution in [2.24, 2.45) is 14.3 Å². The molecule has 0 amide bonds. The number of hydrogen-bond donors (Lipinski definition) is 1. The van der Waals surface area contributed by atoms with Gasteiger partial charge in [0.2, 0.25) is 17.9 Å². The third kappa shape index (κ3) is 7.11. The molecule has 0 fully saturated rings. The van der Waals surface area contributed by atoms with E-state index in [2.05, 4.69) is 0 Å². The Balaban J connectivity index is 6.72. The summed E-state index contributed by atoms with van der Waals surface area (Å²) in [6.07, 6.45) is 0. The molecule has 0 atom stereocenters. The number of nitrogens with zero attached hydrogens (tertiary/aromatic N) is 9. The van der Waals surface area contributed by atoms with E-state index in [0.717, 1.165) is 0 Å². The van der Waals surface area contributed by atoms with Crippen molar-refractivity contribution in [1.82, 2.24) is 29.4 Å². The van der Waals surface area contributed by atoms with Crippen LogP contribution in [-0.2, 0) is 0 Å². The van der Waals surface area contributed by atoms with Crippen LogP contribution in [0.5, 0.6) is 0 Å². The molecule has 0 unspecified atom stereocenters. The van der Waals surface area contributed by atoms with E-state index in [1.165, 1.54) is 0 Å². The molecule has 0 rings (SSSR count). The van der Waals surface area contributed by atoms with Crippen molar-refractivity contribution in [3.8, 4) is 0 Å². The van der Waals surface area contributed by atoms with Crippen LogP contribution < -0.4 is 5.16 Å². The molecule has 0 aromatic rings. The Bertz CT molecular complexity index is 476. The summed E-state index contributed by atoms with van der Waals surface area (Å²) in [5.41, 5.74) is 0. The molecule has 0 radical (unpaired) electrons. The first-order valence-electron chi connectivity index (χ1n) is 8.24. The van der Waals surface area contributed by atoms with Crippen LogP contribution in [0.1, 0.15) is 0 Å². The monoisotopic (exact) mass is 389 g/mol. The van der Waals surface area contributed by atoms with E-state index in [1.807, 2.05) is 114 Å². The summed E-state index contributed by atoms with van der Waals surface area (Å²) >= 11 is 0. The van der Waals surface area contributed by atoms with Crippen LogP contribution in [0.15, 0.2) is 14.3 Å². The standard InChI is InChI=1S/C15H37N10P/c1-20(2)13(21(3)4)17-26(16,18-14(22(5)6)23(7)8)19-15(24(9)10)25(11)12/h16H,1-12H3/p+1. The Morgan fingerprint density at radius 2 is 0.615 bits per heavy atom. The molecule has 152 valence electrons. The van der Waals surface area contributed by atoms with Gasteiger partial charge in [-0.1, -0.05) is 0 Å². The second kappa shape index (κ2) is 9.66. The van der Waals surface area contributed by atoms with Gasteiger partial charge in [0.15, 0.2) is 0 Å². The Morgan fingerprint density at radius 1 is 0.462 bits per heavy atom. The molecule has 0 heterocycles. The van der Waals surface area contributed by atoms with Crippen LogP contribution in [0, 0.1) is 0 Å². The van der Waals surface area contributed by atoms with E-state index in [0.29, 0.717) is 17.9 Å². The lowest BCUT2D eigenvalue weighted by molar-refractivity contribution is -0.0868. The number of nitrogens with two attached hydrogens (primary N) is 1. The fourth-order valence-electron chi connectivity index (χ4n) is 2.20. The highest BCUT2D eigenvalue weighted by molar-refractivity contribution is 7.59. The zero-order valence-corrected chi connectivity index (χ0v) is 19.4. The molecule has 0 saturated heterocycles. The van der Waals surface area contributed by atoms with Crippen molar-refractivity contribution in [2.75, 3.05) is 84.6 Å². The molecule has 2 N–H and O–H groups in total. The van der Waals surface area contributed by atoms with Gasteiger partial charge in [-0.3, -0.25) is 0 Å². The van der Waals surface area contributed by atoms with Crippen molar-refractivity contribution in [1.29, 1.82) is 0 Å². The average Bonchev–Trinajstić information content (AvgIpc) is 2.46. The van der Waals surface area contributed by atoms with Gasteiger partial charge in [-0.25, -0.2) is 5.16 Å². The van der Waals surface area contributed by atoms with Crippen molar-refractivity contribution in [3.63, 3.8) is 0 Å². The largest absolute Gasteiger partial charge is 0.452 e. The molecule has 26 heavy (non-hydrogen) atoms. The van der Waals surface area contributed by atoms with Crippen LogP contribution in [0.25, 0.3) is 0 Å². The second-order valence-corrected chi connectivity index (χ2v) is 9.01. The Hall–Kier alpha value is -1.96. The molecule has 0 aliphatic carbocycles. The predicted octanol–water partition coefficient (Wildman–Crippen LogP) is -0.871. The maximum Gasteiger partial charge on any atom is 0.452 e. The lowest BCUT2D eigenvalue weighted by atomic mass is 10.7. The molecular weight excluding hydrogens is 351 g/mol. The zero-order chi connectivity index (χ0) is 20.8. The van der Waals surface area contributed by atoms with Crippen molar-refractivity contribution < 1.29 is 5.16 Å². The predicted molar refractivity (Wildman–Crippen MR) is 113 cm³/mol. The summed E-state index contributed by atoms with van der Waals surface area (Å²) in [5.74, 6) is 2.13.